The normalized spacial score (nSPS) is 13.9. The van der Waals surface area contributed by atoms with E-state index in [2.05, 4.69) is 10.6 Å². The Morgan fingerprint density at radius 1 is 1.36 bits per heavy atom. The molecule has 3 N–H and O–H groups in total. The summed E-state index contributed by atoms with van der Waals surface area (Å²) < 4.78 is 0. The lowest BCUT2D eigenvalue weighted by atomic mass is 10.2. The van der Waals surface area contributed by atoms with Gasteiger partial charge in [-0.25, -0.2) is 4.79 Å². The zero-order chi connectivity index (χ0) is 11.4. The second-order valence-corrected chi connectivity index (χ2v) is 3.06. The van der Waals surface area contributed by atoms with Crippen LogP contribution in [0.1, 0.15) is 13.8 Å². The van der Waals surface area contributed by atoms with Crippen LogP contribution in [0.5, 0.6) is 0 Å². The predicted molar refractivity (Wildman–Crippen MR) is 48.7 cm³/mol. The minimum absolute atomic E-state index is 0.373. The summed E-state index contributed by atoms with van der Waals surface area (Å²) >= 11 is 5.18. The van der Waals surface area contributed by atoms with Crippen molar-refractivity contribution in [3.05, 3.63) is 0 Å². The number of nitrogens with one attached hydrogen (secondary N) is 2. The smallest absolute Gasteiger partial charge is 0.350 e. The molecule has 0 aromatic heterocycles. The Labute approximate surface area is 85.6 Å². The van der Waals surface area contributed by atoms with Crippen molar-refractivity contribution in [2.24, 2.45) is 0 Å². The molecule has 0 bridgehead atoms. The number of rotatable bonds is 4. The van der Waals surface area contributed by atoms with Crippen LogP contribution in [0.3, 0.4) is 0 Å². The zero-order valence-electron chi connectivity index (χ0n) is 7.76. The molecule has 1 atom stereocenters. The average Bonchev–Trinajstić information content (AvgIpc) is 2.02. The van der Waals surface area contributed by atoms with Gasteiger partial charge in [0.1, 0.15) is 5.88 Å². The first kappa shape index (κ1) is 12.7. The molecule has 0 radical (unpaired) electrons. The van der Waals surface area contributed by atoms with Crippen LogP contribution in [-0.4, -0.2) is 34.4 Å². The summed E-state index contributed by atoms with van der Waals surface area (Å²) in [5.74, 6) is -2.98. The van der Waals surface area contributed by atoms with Gasteiger partial charge in [0.15, 0.2) is 0 Å². The van der Waals surface area contributed by atoms with Gasteiger partial charge in [0.25, 0.3) is 0 Å². The van der Waals surface area contributed by atoms with Crippen LogP contribution in [0.4, 0.5) is 0 Å². The van der Waals surface area contributed by atoms with Crippen LogP contribution in [0.25, 0.3) is 0 Å². The van der Waals surface area contributed by atoms with Gasteiger partial charge in [0, 0.05) is 6.92 Å². The number of aliphatic carboxylic acids is 1. The number of amides is 2. The Bertz CT molecular complexity index is 268. The van der Waals surface area contributed by atoms with E-state index in [0.29, 0.717) is 0 Å². The van der Waals surface area contributed by atoms with Crippen LogP contribution < -0.4 is 10.6 Å². The van der Waals surface area contributed by atoms with Crippen molar-refractivity contribution in [3.63, 3.8) is 0 Å². The van der Waals surface area contributed by atoms with Crippen LogP contribution in [0.2, 0.25) is 0 Å². The molecule has 0 saturated heterocycles. The maximum absolute atomic E-state index is 10.9. The van der Waals surface area contributed by atoms with Crippen molar-refractivity contribution in [1.82, 2.24) is 10.6 Å². The third kappa shape index (κ3) is 3.61. The van der Waals surface area contributed by atoms with Gasteiger partial charge in [-0.15, -0.1) is 11.6 Å². The first-order valence-electron chi connectivity index (χ1n) is 3.71. The Morgan fingerprint density at radius 2 is 1.86 bits per heavy atom. The SMILES string of the molecule is CC(=O)NC(C)(NC(=O)CCl)C(=O)O. The molecule has 0 aliphatic heterocycles. The quantitative estimate of drug-likeness (QED) is 0.432. The highest BCUT2D eigenvalue weighted by atomic mass is 35.5. The largest absolute Gasteiger partial charge is 0.478 e. The van der Waals surface area contributed by atoms with E-state index in [1.54, 1.807) is 0 Å². The molecule has 14 heavy (non-hydrogen) atoms. The third-order valence-electron chi connectivity index (χ3n) is 1.36. The topological polar surface area (TPSA) is 95.5 Å². The first-order chi connectivity index (χ1) is 6.31. The number of carbonyl (C=O) groups excluding carboxylic acids is 2. The molecule has 0 heterocycles. The number of hydrogen-bond acceptors (Lipinski definition) is 3. The number of alkyl halides is 1. The van der Waals surface area contributed by atoms with Gasteiger partial charge in [-0.2, -0.15) is 0 Å². The second kappa shape index (κ2) is 4.80. The van der Waals surface area contributed by atoms with Gasteiger partial charge in [0.2, 0.25) is 17.5 Å². The van der Waals surface area contributed by atoms with E-state index >= 15 is 0 Å². The van der Waals surface area contributed by atoms with Gasteiger partial charge >= 0.3 is 5.97 Å². The summed E-state index contributed by atoms with van der Waals surface area (Å²) in [4.78, 5) is 32.3. The Hall–Kier alpha value is -1.30. The highest BCUT2D eigenvalue weighted by Gasteiger charge is 2.35. The fourth-order valence-electron chi connectivity index (χ4n) is 0.802. The minimum atomic E-state index is -1.82. The lowest BCUT2D eigenvalue weighted by Crippen LogP contribution is -2.63. The summed E-state index contributed by atoms with van der Waals surface area (Å²) in [5.41, 5.74) is -1.82. The Balaban J connectivity index is 4.63. The van der Waals surface area contributed by atoms with E-state index in [0.717, 1.165) is 13.8 Å². The lowest BCUT2D eigenvalue weighted by molar-refractivity contribution is -0.150. The standard InChI is InChI=1S/C7H11ClN2O4/c1-4(11)9-7(2,6(13)14)10-5(12)3-8/h3H2,1-2H3,(H,9,11)(H,10,12)(H,13,14). The van der Waals surface area contributed by atoms with Crippen molar-refractivity contribution in [1.29, 1.82) is 0 Å². The monoisotopic (exact) mass is 222 g/mol. The molecule has 0 aliphatic carbocycles. The van der Waals surface area contributed by atoms with E-state index < -0.39 is 23.4 Å². The molecule has 0 rings (SSSR count). The Morgan fingerprint density at radius 3 is 2.14 bits per heavy atom. The van der Waals surface area contributed by atoms with Crippen molar-refractivity contribution in [3.8, 4) is 0 Å². The summed E-state index contributed by atoms with van der Waals surface area (Å²) in [5, 5.41) is 12.9. The molecule has 2 amide bonds. The van der Waals surface area contributed by atoms with Crippen molar-refractivity contribution in [2.75, 3.05) is 5.88 Å². The molecule has 7 heteroatoms. The van der Waals surface area contributed by atoms with Crippen molar-refractivity contribution < 1.29 is 19.5 Å². The molecule has 80 valence electrons. The zero-order valence-corrected chi connectivity index (χ0v) is 8.51. The fraction of sp³-hybridized carbons (Fsp3) is 0.571. The average molecular weight is 223 g/mol. The van der Waals surface area contributed by atoms with Crippen molar-refractivity contribution >= 4 is 29.4 Å². The first-order valence-corrected chi connectivity index (χ1v) is 4.24. The molecule has 0 aromatic rings. The van der Waals surface area contributed by atoms with E-state index in [9.17, 15) is 14.4 Å². The maximum atomic E-state index is 10.9. The summed E-state index contributed by atoms with van der Waals surface area (Å²) in [6.07, 6.45) is 0. The van der Waals surface area contributed by atoms with Crippen LogP contribution >= 0.6 is 11.6 Å². The van der Waals surface area contributed by atoms with Crippen LogP contribution in [0, 0.1) is 0 Å². The Kier molecular flexibility index (Phi) is 4.36. The molecule has 0 aliphatic rings. The second-order valence-electron chi connectivity index (χ2n) is 2.79. The van der Waals surface area contributed by atoms with E-state index in [4.69, 9.17) is 16.7 Å². The lowest BCUT2D eigenvalue weighted by Gasteiger charge is -2.26. The molecule has 1 unspecified atom stereocenters. The van der Waals surface area contributed by atoms with Crippen LogP contribution in [-0.2, 0) is 14.4 Å². The molecule has 0 aromatic carbocycles. The van der Waals surface area contributed by atoms with Gasteiger partial charge in [-0.1, -0.05) is 0 Å². The molecule has 0 saturated carbocycles. The predicted octanol–water partition coefficient (Wildman–Crippen LogP) is -0.722. The van der Waals surface area contributed by atoms with Gasteiger partial charge < -0.3 is 15.7 Å². The highest BCUT2D eigenvalue weighted by molar-refractivity contribution is 6.27. The fourth-order valence-corrected chi connectivity index (χ4v) is 0.869. The van der Waals surface area contributed by atoms with Gasteiger partial charge in [-0.05, 0) is 6.92 Å². The summed E-state index contributed by atoms with van der Waals surface area (Å²) in [6.45, 7) is 2.30. The van der Waals surface area contributed by atoms with Crippen molar-refractivity contribution in [2.45, 2.75) is 19.5 Å². The minimum Gasteiger partial charge on any atom is -0.478 e. The van der Waals surface area contributed by atoms with E-state index in [-0.39, 0.29) is 5.88 Å². The molecule has 0 spiro atoms. The van der Waals surface area contributed by atoms with E-state index in [1.807, 2.05) is 0 Å². The number of carbonyl (C=O) groups is 3. The number of halogens is 1. The number of carboxylic acids is 1. The molecular formula is C7H11ClN2O4. The number of carboxylic acid groups (broad SMARTS) is 1. The van der Waals surface area contributed by atoms with E-state index in [1.165, 1.54) is 0 Å². The van der Waals surface area contributed by atoms with Crippen LogP contribution in [0.15, 0.2) is 0 Å². The highest BCUT2D eigenvalue weighted by Crippen LogP contribution is 1.99. The third-order valence-corrected chi connectivity index (χ3v) is 1.61. The molecule has 6 nitrogen and oxygen atoms in total. The maximum Gasteiger partial charge on any atom is 0.350 e. The molecule has 0 fully saturated rings. The number of hydrogen-bond donors (Lipinski definition) is 3. The van der Waals surface area contributed by atoms with Gasteiger partial charge in [-0.3, -0.25) is 9.59 Å². The summed E-state index contributed by atoms with van der Waals surface area (Å²) in [6, 6.07) is 0. The van der Waals surface area contributed by atoms with Gasteiger partial charge in [0.05, 0.1) is 0 Å². The summed E-state index contributed by atoms with van der Waals surface area (Å²) in [7, 11) is 0. The molecular weight excluding hydrogens is 212 g/mol.